The van der Waals surface area contributed by atoms with Gasteiger partial charge in [0.05, 0.1) is 29.1 Å². The normalized spacial score (nSPS) is 20.9. The third-order valence-electron chi connectivity index (χ3n) is 8.94. The minimum Gasteiger partial charge on any atom is -0.335 e. The topological polar surface area (TPSA) is 43.9 Å². The maximum atomic E-state index is 14.2. The number of halogens is 3. The van der Waals surface area contributed by atoms with Crippen LogP contribution in [-0.4, -0.2) is 52.8 Å². The maximum absolute atomic E-state index is 14.2. The van der Waals surface area contributed by atoms with E-state index < -0.39 is 29.2 Å². The van der Waals surface area contributed by atoms with Crippen LogP contribution in [0.4, 0.5) is 18.0 Å². The van der Waals surface area contributed by atoms with E-state index in [9.17, 15) is 22.8 Å². The molecule has 0 aliphatic carbocycles. The van der Waals surface area contributed by atoms with Gasteiger partial charge in [-0.1, -0.05) is 49.4 Å². The van der Waals surface area contributed by atoms with Gasteiger partial charge in [0.1, 0.15) is 0 Å². The highest BCUT2D eigenvalue weighted by atomic mass is 19.4. The van der Waals surface area contributed by atoms with Gasteiger partial charge in [0, 0.05) is 20.1 Å². The Kier molecular flexibility index (Phi) is 8.71. The van der Waals surface area contributed by atoms with Crippen LogP contribution in [-0.2, 0) is 17.4 Å². The second-order valence-corrected chi connectivity index (χ2v) is 11.4. The van der Waals surface area contributed by atoms with E-state index >= 15 is 0 Å². The number of piperazine rings is 1. The zero-order valence-electron chi connectivity index (χ0n) is 24.4. The van der Waals surface area contributed by atoms with Gasteiger partial charge in [-0.05, 0) is 73.9 Å². The molecule has 0 spiro atoms. The highest BCUT2D eigenvalue weighted by Crippen LogP contribution is 2.49. The van der Waals surface area contributed by atoms with Crippen molar-refractivity contribution < 1.29 is 22.8 Å². The Bertz CT molecular complexity index is 1310. The molecule has 0 aromatic heterocycles. The van der Waals surface area contributed by atoms with Crippen molar-refractivity contribution in [1.82, 2.24) is 14.7 Å². The smallest absolute Gasteiger partial charge is 0.335 e. The molecule has 3 amide bonds. The van der Waals surface area contributed by atoms with Gasteiger partial charge in [0.2, 0.25) is 5.91 Å². The fourth-order valence-corrected chi connectivity index (χ4v) is 6.57. The van der Waals surface area contributed by atoms with Crippen LogP contribution < -0.4 is 0 Å². The van der Waals surface area contributed by atoms with Crippen molar-refractivity contribution in [1.29, 1.82) is 0 Å². The number of aryl methyl sites for hydroxylation is 2. The number of alkyl halides is 3. The Balaban J connectivity index is 1.73. The van der Waals surface area contributed by atoms with E-state index in [-0.39, 0.29) is 18.0 Å². The van der Waals surface area contributed by atoms with Crippen LogP contribution in [0.25, 0.3) is 0 Å². The number of hydrogen-bond donors (Lipinski definition) is 0. The molecule has 2 aromatic rings. The number of allylic oxidation sites excluding steroid dienone is 2. The van der Waals surface area contributed by atoms with Crippen LogP contribution in [0, 0.1) is 12.3 Å². The molecule has 220 valence electrons. The Morgan fingerprint density at radius 1 is 1.15 bits per heavy atom. The van der Waals surface area contributed by atoms with E-state index in [0.29, 0.717) is 49.9 Å². The van der Waals surface area contributed by atoms with E-state index in [1.165, 1.54) is 11.0 Å². The SMILES string of the molecule is C=CCC1(CC=C)C[C@H]2[C@H](c3ccccc3C)N(C(=O)N(C)[C@H](C)c3cc(CC)cc(C(F)(F)F)c3)CCN2C1=O. The molecule has 0 unspecified atom stereocenters. The number of benzene rings is 2. The highest BCUT2D eigenvalue weighted by Gasteiger charge is 2.56. The lowest BCUT2D eigenvalue weighted by molar-refractivity contribution is -0.139. The summed E-state index contributed by atoms with van der Waals surface area (Å²) in [6.07, 6.45) is 1.12. The summed E-state index contributed by atoms with van der Waals surface area (Å²) in [5.74, 6) is 0.0609. The molecule has 5 nitrogen and oxygen atoms in total. The highest BCUT2D eigenvalue weighted by molar-refractivity contribution is 5.87. The summed E-state index contributed by atoms with van der Waals surface area (Å²) in [4.78, 5) is 33.3. The molecular formula is C33H40F3N3O2. The third-order valence-corrected chi connectivity index (χ3v) is 8.94. The summed E-state index contributed by atoms with van der Waals surface area (Å²) in [6, 6.07) is 10.4. The van der Waals surface area contributed by atoms with Crippen molar-refractivity contribution in [3.05, 3.63) is 95.6 Å². The molecule has 2 fully saturated rings. The Morgan fingerprint density at radius 3 is 2.39 bits per heavy atom. The van der Waals surface area contributed by atoms with E-state index in [1.807, 2.05) is 43.0 Å². The van der Waals surface area contributed by atoms with Gasteiger partial charge in [-0.15, -0.1) is 13.2 Å². The summed E-state index contributed by atoms with van der Waals surface area (Å²) in [5, 5.41) is 0. The number of urea groups is 1. The van der Waals surface area contributed by atoms with Gasteiger partial charge < -0.3 is 14.7 Å². The molecule has 2 aromatic carbocycles. The molecule has 3 atom stereocenters. The molecule has 2 saturated heterocycles. The van der Waals surface area contributed by atoms with E-state index in [2.05, 4.69) is 13.2 Å². The lowest BCUT2D eigenvalue weighted by Gasteiger charge is -2.47. The molecule has 2 aliphatic heterocycles. The molecular weight excluding hydrogens is 527 g/mol. The van der Waals surface area contributed by atoms with Gasteiger partial charge in [-0.2, -0.15) is 13.2 Å². The number of amides is 3. The predicted molar refractivity (Wildman–Crippen MR) is 155 cm³/mol. The van der Waals surface area contributed by atoms with Gasteiger partial charge in [0.25, 0.3) is 0 Å². The second kappa shape index (κ2) is 11.7. The summed E-state index contributed by atoms with van der Waals surface area (Å²) in [6.45, 7) is 14.1. The summed E-state index contributed by atoms with van der Waals surface area (Å²) >= 11 is 0. The average molecular weight is 568 g/mol. The number of carbonyl (C=O) groups is 2. The van der Waals surface area contributed by atoms with Gasteiger partial charge in [0.15, 0.2) is 0 Å². The van der Waals surface area contributed by atoms with E-state index in [1.54, 1.807) is 37.1 Å². The largest absolute Gasteiger partial charge is 0.416 e. The minimum atomic E-state index is -4.48. The fraction of sp³-hybridized carbons (Fsp3) is 0.455. The first-order chi connectivity index (χ1) is 19.4. The first-order valence-electron chi connectivity index (χ1n) is 14.2. The molecule has 0 N–H and O–H groups in total. The fourth-order valence-electron chi connectivity index (χ4n) is 6.57. The molecule has 4 rings (SSSR count). The van der Waals surface area contributed by atoms with Gasteiger partial charge in [-0.25, -0.2) is 4.79 Å². The van der Waals surface area contributed by atoms with E-state index in [0.717, 1.165) is 17.2 Å². The zero-order chi connectivity index (χ0) is 30.1. The van der Waals surface area contributed by atoms with Gasteiger partial charge in [-0.3, -0.25) is 4.79 Å². The van der Waals surface area contributed by atoms with E-state index in [4.69, 9.17) is 0 Å². The minimum absolute atomic E-state index is 0.0609. The summed E-state index contributed by atoms with van der Waals surface area (Å²) < 4.78 is 41.0. The number of carbonyl (C=O) groups excluding carboxylic acids is 2. The third kappa shape index (κ3) is 5.66. The predicted octanol–water partition coefficient (Wildman–Crippen LogP) is 7.49. The molecule has 8 heteroatoms. The second-order valence-electron chi connectivity index (χ2n) is 11.4. The number of hydrogen-bond acceptors (Lipinski definition) is 2. The molecule has 2 heterocycles. The van der Waals surface area contributed by atoms with Crippen molar-refractivity contribution in [3.63, 3.8) is 0 Å². The Morgan fingerprint density at radius 2 is 1.80 bits per heavy atom. The van der Waals surface area contributed by atoms with Crippen LogP contribution in [0.15, 0.2) is 67.8 Å². The first kappa shape index (κ1) is 30.4. The summed E-state index contributed by atoms with van der Waals surface area (Å²) in [7, 11) is 1.64. The lowest BCUT2D eigenvalue weighted by atomic mass is 9.76. The van der Waals surface area contributed by atoms with Crippen LogP contribution in [0.1, 0.15) is 73.0 Å². The van der Waals surface area contributed by atoms with Crippen molar-refractivity contribution in [3.8, 4) is 0 Å². The molecule has 2 aliphatic rings. The first-order valence-corrected chi connectivity index (χ1v) is 14.2. The molecule has 0 saturated carbocycles. The summed E-state index contributed by atoms with van der Waals surface area (Å²) in [5.41, 5.74) is 1.61. The lowest BCUT2D eigenvalue weighted by Crippen LogP contribution is -2.57. The quantitative estimate of drug-likeness (QED) is 0.310. The van der Waals surface area contributed by atoms with Crippen molar-refractivity contribution in [2.24, 2.45) is 5.41 Å². The molecule has 0 bridgehead atoms. The number of nitrogens with zero attached hydrogens (tertiary/aromatic N) is 3. The maximum Gasteiger partial charge on any atom is 0.416 e. The van der Waals surface area contributed by atoms with Crippen LogP contribution in [0.2, 0.25) is 0 Å². The molecule has 41 heavy (non-hydrogen) atoms. The van der Waals surface area contributed by atoms with Crippen molar-refractivity contribution >= 4 is 11.9 Å². The Labute approximate surface area is 241 Å². The standard InChI is InChI=1S/C33H40F3N3O2/c1-7-14-32(15-8-2)21-28-29(27-13-11-10-12-22(27)4)39(17-16-38(28)30(32)40)31(41)37(6)23(5)25-18-24(9-3)19-26(20-25)33(34,35)36/h7-8,10-13,18-20,23,28-29H,1-2,9,14-17,21H2,3-6H3/t23-,28+,29+/m1/s1. The zero-order valence-corrected chi connectivity index (χ0v) is 24.4. The van der Waals surface area contributed by atoms with Crippen LogP contribution in [0.5, 0.6) is 0 Å². The van der Waals surface area contributed by atoms with Gasteiger partial charge >= 0.3 is 12.2 Å². The number of rotatable bonds is 8. The van der Waals surface area contributed by atoms with Crippen molar-refractivity contribution in [2.45, 2.75) is 70.8 Å². The van der Waals surface area contributed by atoms with Crippen LogP contribution in [0.3, 0.4) is 0 Å². The van der Waals surface area contributed by atoms with Crippen LogP contribution >= 0.6 is 0 Å². The van der Waals surface area contributed by atoms with Crippen molar-refractivity contribution in [2.75, 3.05) is 20.1 Å². The Hall–Kier alpha value is -3.55. The monoisotopic (exact) mass is 567 g/mol. The molecule has 0 radical (unpaired) electrons. The number of fused-ring (bicyclic) bond motifs is 1. The average Bonchev–Trinajstić information content (AvgIpc) is 3.22.